The van der Waals surface area contributed by atoms with Crippen LogP contribution in [0.3, 0.4) is 0 Å². The summed E-state index contributed by atoms with van der Waals surface area (Å²) in [6.45, 7) is 1.98. The molecule has 5 nitrogen and oxygen atoms in total. The van der Waals surface area contributed by atoms with E-state index in [-0.39, 0.29) is 11.8 Å². The van der Waals surface area contributed by atoms with Gasteiger partial charge in [0, 0.05) is 24.6 Å². The fourth-order valence-corrected chi connectivity index (χ4v) is 3.62. The quantitative estimate of drug-likeness (QED) is 0.897. The van der Waals surface area contributed by atoms with Gasteiger partial charge in [-0.2, -0.15) is 0 Å². The predicted molar refractivity (Wildman–Crippen MR) is 91.6 cm³/mol. The Bertz CT molecular complexity index is 588. The molecule has 0 bridgehead atoms. The lowest BCUT2D eigenvalue weighted by Gasteiger charge is -2.31. The summed E-state index contributed by atoms with van der Waals surface area (Å²) >= 11 is 0. The highest BCUT2D eigenvalue weighted by Crippen LogP contribution is 2.32. The standard InChI is InChI=1S/C18H25N3O2/c19-17(22)14-8-9-16(21-10-4-1-5-11-21)15(12-14)20-18(23)13-6-2-3-7-13/h8-9,12-13H,1-7,10-11H2,(H2,19,22)(H,20,23). The molecule has 3 rings (SSSR count). The molecule has 0 unspecified atom stereocenters. The number of hydrogen-bond acceptors (Lipinski definition) is 3. The normalized spacial score (nSPS) is 18.9. The lowest BCUT2D eigenvalue weighted by atomic mass is 10.1. The highest BCUT2D eigenvalue weighted by atomic mass is 16.2. The maximum absolute atomic E-state index is 12.5. The second-order valence-electron chi connectivity index (χ2n) is 6.61. The van der Waals surface area contributed by atoms with Crippen molar-refractivity contribution in [3.63, 3.8) is 0 Å². The summed E-state index contributed by atoms with van der Waals surface area (Å²) in [7, 11) is 0. The van der Waals surface area contributed by atoms with E-state index in [0.29, 0.717) is 5.56 Å². The topological polar surface area (TPSA) is 75.4 Å². The molecule has 124 valence electrons. The molecular formula is C18H25N3O2. The van der Waals surface area contributed by atoms with Crippen molar-refractivity contribution in [2.24, 2.45) is 11.7 Å². The van der Waals surface area contributed by atoms with E-state index in [0.717, 1.165) is 63.0 Å². The molecule has 0 spiro atoms. The number of nitrogens with two attached hydrogens (primary N) is 1. The average Bonchev–Trinajstić information content (AvgIpc) is 3.10. The first-order valence-electron chi connectivity index (χ1n) is 8.65. The summed E-state index contributed by atoms with van der Waals surface area (Å²) in [6.07, 6.45) is 7.73. The summed E-state index contributed by atoms with van der Waals surface area (Å²) in [5.74, 6) is -0.296. The monoisotopic (exact) mass is 315 g/mol. The van der Waals surface area contributed by atoms with Gasteiger partial charge in [-0.15, -0.1) is 0 Å². The molecule has 1 heterocycles. The number of benzene rings is 1. The number of carbonyl (C=O) groups is 2. The van der Waals surface area contributed by atoms with Gasteiger partial charge >= 0.3 is 0 Å². The van der Waals surface area contributed by atoms with Crippen molar-refractivity contribution >= 4 is 23.2 Å². The molecule has 1 saturated carbocycles. The molecule has 1 saturated heterocycles. The van der Waals surface area contributed by atoms with Crippen LogP contribution in [0.15, 0.2) is 18.2 Å². The maximum atomic E-state index is 12.5. The van der Waals surface area contributed by atoms with E-state index in [9.17, 15) is 9.59 Å². The van der Waals surface area contributed by atoms with Gasteiger partial charge in [-0.25, -0.2) is 0 Å². The molecule has 5 heteroatoms. The van der Waals surface area contributed by atoms with E-state index in [1.165, 1.54) is 6.42 Å². The highest BCUT2D eigenvalue weighted by Gasteiger charge is 2.24. The third kappa shape index (κ3) is 3.66. The number of carbonyl (C=O) groups excluding carboxylic acids is 2. The molecule has 0 radical (unpaired) electrons. The van der Waals surface area contributed by atoms with Crippen LogP contribution >= 0.6 is 0 Å². The minimum absolute atomic E-state index is 0.0716. The number of amides is 2. The zero-order valence-electron chi connectivity index (χ0n) is 13.5. The van der Waals surface area contributed by atoms with Crippen LogP contribution in [0.2, 0.25) is 0 Å². The summed E-state index contributed by atoms with van der Waals surface area (Å²) in [5.41, 5.74) is 7.56. The van der Waals surface area contributed by atoms with E-state index in [1.54, 1.807) is 12.1 Å². The van der Waals surface area contributed by atoms with E-state index >= 15 is 0 Å². The summed E-state index contributed by atoms with van der Waals surface area (Å²) in [5, 5.41) is 3.06. The number of nitrogens with one attached hydrogen (secondary N) is 1. The molecule has 2 fully saturated rings. The summed E-state index contributed by atoms with van der Waals surface area (Å²) in [4.78, 5) is 26.3. The lowest BCUT2D eigenvalue weighted by Crippen LogP contribution is -2.31. The van der Waals surface area contributed by atoms with E-state index < -0.39 is 5.91 Å². The Hall–Kier alpha value is -2.04. The second-order valence-corrected chi connectivity index (χ2v) is 6.61. The zero-order chi connectivity index (χ0) is 16.2. The van der Waals surface area contributed by atoms with Crippen LogP contribution in [0.1, 0.15) is 55.3 Å². The van der Waals surface area contributed by atoms with Crippen molar-refractivity contribution in [2.45, 2.75) is 44.9 Å². The number of nitrogens with zero attached hydrogens (tertiary/aromatic N) is 1. The Morgan fingerprint density at radius 3 is 2.39 bits per heavy atom. The molecule has 2 aliphatic rings. The molecule has 23 heavy (non-hydrogen) atoms. The molecule has 3 N–H and O–H groups in total. The van der Waals surface area contributed by atoms with Gasteiger partial charge in [0.1, 0.15) is 0 Å². The van der Waals surface area contributed by atoms with Gasteiger partial charge in [0.05, 0.1) is 11.4 Å². The van der Waals surface area contributed by atoms with Crippen LogP contribution < -0.4 is 16.0 Å². The number of piperidine rings is 1. The number of anilines is 2. The molecule has 1 aromatic rings. The first-order chi connectivity index (χ1) is 11.1. The van der Waals surface area contributed by atoms with E-state index in [1.807, 2.05) is 6.07 Å². The zero-order valence-corrected chi connectivity index (χ0v) is 13.5. The van der Waals surface area contributed by atoms with Gasteiger partial charge in [-0.3, -0.25) is 9.59 Å². The second kappa shape index (κ2) is 7.02. The van der Waals surface area contributed by atoms with Crippen LogP contribution in [-0.4, -0.2) is 24.9 Å². The van der Waals surface area contributed by atoms with Crippen molar-refractivity contribution < 1.29 is 9.59 Å². The van der Waals surface area contributed by atoms with Gasteiger partial charge < -0.3 is 16.0 Å². The average molecular weight is 315 g/mol. The molecule has 1 aliphatic heterocycles. The Morgan fingerprint density at radius 2 is 1.74 bits per heavy atom. The fourth-order valence-electron chi connectivity index (χ4n) is 3.62. The van der Waals surface area contributed by atoms with Crippen LogP contribution in [0, 0.1) is 5.92 Å². The van der Waals surface area contributed by atoms with Gasteiger partial charge in [0.25, 0.3) is 0 Å². The largest absolute Gasteiger partial charge is 0.370 e. The van der Waals surface area contributed by atoms with Gasteiger partial charge in [0.2, 0.25) is 11.8 Å². The third-order valence-corrected chi connectivity index (χ3v) is 4.96. The van der Waals surface area contributed by atoms with Gasteiger partial charge in [0.15, 0.2) is 0 Å². The van der Waals surface area contributed by atoms with Crippen molar-refractivity contribution in [2.75, 3.05) is 23.3 Å². The Labute approximate surface area is 137 Å². The van der Waals surface area contributed by atoms with Crippen molar-refractivity contribution in [1.82, 2.24) is 0 Å². The summed E-state index contributed by atoms with van der Waals surface area (Å²) in [6, 6.07) is 5.38. The maximum Gasteiger partial charge on any atom is 0.248 e. The Kier molecular flexibility index (Phi) is 4.84. The van der Waals surface area contributed by atoms with Gasteiger partial charge in [-0.05, 0) is 50.3 Å². The smallest absolute Gasteiger partial charge is 0.248 e. The third-order valence-electron chi connectivity index (χ3n) is 4.96. The number of primary amides is 1. The van der Waals surface area contributed by atoms with Crippen molar-refractivity contribution in [3.8, 4) is 0 Å². The lowest BCUT2D eigenvalue weighted by molar-refractivity contribution is -0.119. The first-order valence-corrected chi connectivity index (χ1v) is 8.65. The minimum Gasteiger partial charge on any atom is -0.370 e. The molecule has 1 aliphatic carbocycles. The molecule has 2 amide bonds. The van der Waals surface area contributed by atoms with Gasteiger partial charge in [-0.1, -0.05) is 12.8 Å². The van der Waals surface area contributed by atoms with Crippen LogP contribution in [0.5, 0.6) is 0 Å². The molecular weight excluding hydrogens is 290 g/mol. The van der Waals surface area contributed by atoms with Crippen LogP contribution in [0.25, 0.3) is 0 Å². The molecule has 1 aromatic carbocycles. The highest BCUT2D eigenvalue weighted by molar-refractivity contribution is 6.00. The van der Waals surface area contributed by atoms with E-state index in [4.69, 9.17) is 5.73 Å². The summed E-state index contributed by atoms with van der Waals surface area (Å²) < 4.78 is 0. The predicted octanol–water partition coefficient (Wildman–Crippen LogP) is 2.90. The SMILES string of the molecule is NC(=O)c1ccc(N2CCCCC2)c(NC(=O)C2CCCC2)c1. The Morgan fingerprint density at radius 1 is 1.04 bits per heavy atom. The van der Waals surface area contributed by atoms with Crippen molar-refractivity contribution in [3.05, 3.63) is 23.8 Å². The number of hydrogen-bond donors (Lipinski definition) is 2. The van der Waals surface area contributed by atoms with E-state index in [2.05, 4.69) is 10.2 Å². The number of rotatable bonds is 4. The minimum atomic E-state index is -0.466. The van der Waals surface area contributed by atoms with Crippen LogP contribution in [0.4, 0.5) is 11.4 Å². The van der Waals surface area contributed by atoms with Crippen LogP contribution in [-0.2, 0) is 4.79 Å². The fraction of sp³-hybridized carbons (Fsp3) is 0.556. The first kappa shape index (κ1) is 15.8. The Balaban J connectivity index is 1.85. The molecule has 0 atom stereocenters. The molecule has 0 aromatic heterocycles. The van der Waals surface area contributed by atoms with Crippen molar-refractivity contribution in [1.29, 1.82) is 0 Å².